The molecule has 3 N–H and O–H groups in total. The molecule has 3 aliphatic rings. The number of hydrogen-bond donors (Lipinski definition) is 3. The number of nitriles is 1. The lowest BCUT2D eigenvalue weighted by Crippen LogP contribution is -2.53. The topological polar surface area (TPSA) is 111 Å². The minimum atomic E-state index is -1.06. The third-order valence-electron chi connectivity index (χ3n) is 8.14. The molecule has 1 amide bonds. The van der Waals surface area contributed by atoms with Crippen LogP contribution in [0.2, 0.25) is 0 Å². The first-order chi connectivity index (χ1) is 16.6. The molecule has 1 aromatic heterocycles. The van der Waals surface area contributed by atoms with Crippen molar-refractivity contribution in [1.29, 1.82) is 5.26 Å². The molecule has 5 atom stereocenters. The summed E-state index contributed by atoms with van der Waals surface area (Å²) in [7, 11) is 0. The van der Waals surface area contributed by atoms with Gasteiger partial charge < -0.3 is 20.1 Å². The van der Waals surface area contributed by atoms with Gasteiger partial charge in [-0.1, -0.05) is 52.0 Å². The van der Waals surface area contributed by atoms with Crippen LogP contribution in [0.15, 0.2) is 42.6 Å². The molecule has 0 spiro atoms. The van der Waals surface area contributed by atoms with Gasteiger partial charge in [-0.15, -0.1) is 0 Å². The van der Waals surface area contributed by atoms with E-state index >= 15 is 0 Å². The van der Waals surface area contributed by atoms with Crippen molar-refractivity contribution in [3.8, 4) is 6.07 Å². The van der Waals surface area contributed by atoms with E-state index in [1.165, 1.54) is 6.20 Å². The van der Waals surface area contributed by atoms with Gasteiger partial charge in [0, 0.05) is 23.1 Å². The van der Waals surface area contributed by atoms with Crippen LogP contribution in [-0.2, 0) is 10.3 Å². The van der Waals surface area contributed by atoms with Gasteiger partial charge in [0.25, 0.3) is 5.91 Å². The number of aliphatic hydroxyl groups is 1. The van der Waals surface area contributed by atoms with E-state index in [0.717, 1.165) is 36.0 Å². The summed E-state index contributed by atoms with van der Waals surface area (Å²) in [6, 6.07) is 7.78. The van der Waals surface area contributed by atoms with Crippen molar-refractivity contribution in [1.82, 2.24) is 9.97 Å². The van der Waals surface area contributed by atoms with Crippen LogP contribution in [0.5, 0.6) is 0 Å². The van der Waals surface area contributed by atoms with E-state index in [2.05, 4.69) is 47.4 Å². The van der Waals surface area contributed by atoms with Gasteiger partial charge in [-0.3, -0.25) is 4.79 Å². The number of rotatable bonds is 4. The number of hydrogen-bond acceptors (Lipinski definition) is 5. The fraction of sp³-hybridized carbons (Fsp3) is 0.464. The molecular formula is C28H32N4O3. The fourth-order valence-corrected chi connectivity index (χ4v) is 5.67. The van der Waals surface area contributed by atoms with Crippen LogP contribution in [-0.4, -0.2) is 33.2 Å². The number of aromatic amines is 1. The standard InChI is InChI=1S/C28H32N4O3/c1-16-23-7-8-24(35-23)17(2)28(16,34)19-5-6-22(32-26(33)25-30-15-20(14-29)31-25)21(13-19)18-9-11-27(3,4)12-10-18/h5-9,13,15-17,23-24,34H,10-12H2,1-4H3,(H,30,31)(H,32,33)/t16-,17+,23+,24-,28?. The minimum Gasteiger partial charge on any atom is -0.384 e. The SMILES string of the molecule is C[C@@H]1[C@@H]2C=C[C@@H](O2)[C@H](C)C1(O)c1ccc(NC(=O)c2ncc(C#N)[nH]2)c(C2=CCC(C)(C)CC2)c1. The van der Waals surface area contributed by atoms with Crippen LogP contribution in [0.25, 0.3) is 5.57 Å². The number of fused-ring (bicyclic) bond motifs is 2. The molecule has 7 nitrogen and oxygen atoms in total. The van der Waals surface area contributed by atoms with Crippen molar-refractivity contribution >= 4 is 17.2 Å². The van der Waals surface area contributed by atoms with Crippen LogP contribution in [0.4, 0.5) is 5.69 Å². The lowest BCUT2D eigenvalue weighted by Gasteiger charge is -2.47. The van der Waals surface area contributed by atoms with Gasteiger partial charge in [0.2, 0.25) is 0 Å². The van der Waals surface area contributed by atoms with Crippen molar-refractivity contribution in [2.75, 3.05) is 5.32 Å². The molecule has 2 aromatic rings. The lowest BCUT2D eigenvalue weighted by molar-refractivity contribution is -0.187. The number of nitrogens with one attached hydrogen (secondary N) is 2. The van der Waals surface area contributed by atoms with E-state index < -0.39 is 11.5 Å². The fourth-order valence-electron chi connectivity index (χ4n) is 5.67. The Morgan fingerprint density at radius 1 is 1.26 bits per heavy atom. The van der Waals surface area contributed by atoms with E-state index in [4.69, 9.17) is 10.00 Å². The zero-order valence-electron chi connectivity index (χ0n) is 20.6. The average molecular weight is 473 g/mol. The smallest absolute Gasteiger partial charge is 0.291 e. The molecule has 2 aliphatic heterocycles. The molecule has 1 aromatic carbocycles. The highest BCUT2D eigenvalue weighted by molar-refractivity contribution is 6.03. The van der Waals surface area contributed by atoms with Crippen molar-refractivity contribution in [3.63, 3.8) is 0 Å². The summed E-state index contributed by atoms with van der Waals surface area (Å²) < 4.78 is 6.07. The molecule has 5 rings (SSSR count). The third-order valence-corrected chi connectivity index (χ3v) is 8.14. The van der Waals surface area contributed by atoms with Gasteiger partial charge in [-0.2, -0.15) is 5.26 Å². The van der Waals surface area contributed by atoms with Gasteiger partial charge >= 0.3 is 0 Å². The molecule has 7 heteroatoms. The highest BCUT2D eigenvalue weighted by Gasteiger charge is 2.53. The van der Waals surface area contributed by atoms with E-state index in [1.54, 1.807) is 0 Å². The Kier molecular flexibility index (Phi) is 5.70. The number of aromatic nitrogens is 2. The molecule has 3 heterocycles. The summed E-state index contributed by atoms with van der Waals surface area (Å²) in [6.45, 7) is 8.60. The van der Waals surface area contributed by atoms with Crippen molar-refractivity contribution in [2.24, 2.45) is 17.3 Å². The van der Waals surface area contributed by atoms with E-state index in [9.17, 15) is 9.90 Å². The highest BCUT2D eigenvalue weighted by atomic mass is 16.5. The summed E-state index contributed by atoms with van der Waals surface area (Å²) in [6.07, 6.45) is 10.4. The van der Waals surface area contributed by atoms with Crippen LogP contribution < -0.4 is 5.32 Å². The Hall–Kier alpha value is -3.21. The Labute approximate surface area is 205 Å². The maximum atomic E-state index is 12.9. The maximum Gasteiger partial charge on any atom is 0.291 e. The predicted molar refractivity (Wildman–Crippen MR) is 133 cm³/mol. The van der Waals surface area contributed by atoms with Gasteiger partial charge in [-0.25, -0.2) is 4.98 Å². The molecular weight excluding hydrogens is 440 g/mol. The van der Waals surface area contributed by atoms with E-state index in [-0.39, 0.29) is 41.0 Å². The quantitative estimate of drug-likeness (QED) is 0.547. The average Bonchev–Trinajstić information content (AvgIpc) is 3.51. The summed E-state index contributed by atoms with van der Waals surface area (Å²) in [5.41, 5.74) is 2.98. The molecule has 182 valence electrons. The number of H-pyrrole nitrogens is 1. The van der Waals surface area contributed by atoms with Crippen LogP contribution in [0.1, 0.15) is 74.4 Å². The third kappa shape index (κ3) is 4.01. The van der Waals surface area contributed by atoms with Gasteiger partial charge in [0.1, 0.15) is 17.4 Å². The van der Waals surface area contributed by atoms with Crippen LogP contribution >= 0.6 is 0 Å². The summed E-state index contributed by atoms with van der Waals surface area (Å²) in [5, 5.41) is 24.1. The molecule has 0 radical (unpaired) electrons. The van der Waals surface area contributed by atoms with Crippen molar-refractivity contribution in [3.05, 3.63) is 65.3 Å². The van der Waals surface area contributed by atoms with Crippen molar-refractivity contribution < 1.29 is 14.6 Å². The lowest BCUT2D eigenvalue weighted by atomic mass is 9.68. The molecule has 2 bridgehead atoms. The number of carbonyl (C=O) groups is 1. The zero-order chi connectivity index (χ0) is 25.0. The number of imidazole rings is 1. The molecule has 0 saturated carbocycles. The molecule has 1 unspecified atom stereocenters. The summed E-state index contributed by atoms with van der Waals surface area (Å²) >= 11 is 0. The van der Waals surface area contributed by atoms with Gasteiger partial charge in [0.05, 0.1) is 18.4 Å². The number of benzene rings is 1. The first-order valence-corrected chi connectivity index (χ1v) is 12.3. The summed E-state index contributed by atoms with van der Waals surface area (Å²) in [5.74, 6) is -0.561. The molecule has 1 fully saturated rings. The molecule has 1 saturated heterocycles. The Morgan fingerprint density at radius 2 is 1.97 bits per heavy atom. The van der Waals surface area contributed by atoms with Gasteiger partial charge in [0.15, 0.2) is 5.82 Å². The predicted octanol–water partition coefficient (Wildman–Crippen LogP) is 4.92. The zero-order valence-corrected chi connectivity index (χ0v) is 20.6. The molecule has 35 heavy (non-hydrogen) atoms. The maximum absolute atomic E-state index is 12.9. The number of ether oxygens (including phenoxy) is 1. The normalized spacial score (nSPS) is 31.0. The number of nitrogens with zero attached hydrogens (tertiary/aromatic N) is 2. The Bertz CT molecular complexity index is 1250. The first-order valence-electron chi connectivity index (χ1n) is 12.3. The van der Waals surface area contributed by atoms with E-state index in [0.29, 0.717) is 5.69 Å². The second kappa shape index (κ2) is 8.47. The highest BCUT2D eigenvalue weighted by Crippen LogP contribution is 2.50. The Balaban J connectivity index is 1.55. The summed E-state index contributed by atoms with van der Waals surface area (Å²) in [4.78, 5) is 19.7. The second-order valence-electron chi connectivity index (χ2n) is 10.9. The minimum absolute atomic E-state index is 0.0864. The van der Waals surface area contributed by atoms with Crippen molar-refractivity contribution in [2.45, 2.75) is 64.8 Å². The van der Waals surface area contributed by atoms with Crippen LogP contribution in [0.3, 0.4) is 0 Å². The molecule has 1 aliphatic carbocycles. The van der Waals surface area contributed by atoms with Crippen LogP contribution in [0, 0.1) is 28.6 Å². The number of amides is 1. The first kappa shape index (κ1) is 23.5. The second-order valence-corrected chi connectivity index (χ2v) is 10.9. The number of carbonyl (C=O) groups excluding carboxylic acids is 1. The number of allylic oxidation sites excluding steroid dienone is 2. The van der Waals surface area contributed by atoms with E-state index in [1.807, 2.05) is 38.1 Å². The number of anilines is 1. The monoisotopic (exact) mass is 472 g/mol. The van der Waals surface area contributed by atoms with Gasteiger partial charge in [-0.05, 0) is 47.9 Å². The Morgan fingerprint density at radius 3 is 2.57 bits per heavy atom. The largest absolute Gasteiger partial charge is 0.384 e.